The number of rotatable bonds is 4. The summed E-state index contributed by atoms with van der Waals surface area (Å²) in [6, 6.07) is 4.00. The lowest BCUT2D eigenvalue weighted by Crippen LogP contribution is -2.23. The molecule has 2 nitrogen and oxygen atoms in total. The van der Waals surface area contributed by atoms with E-state index in [2.05, 4.69) is 28.6 Å². The molecule has 0 aliphatic heterocycles. The van der Waals surface area contributed by atoms with Crippen molar-refractivity contribution in [2.45, 2.75) is 44.5 Å². The highest BCUT2D eigenvalue weighted by Gasteiger charge is 2.27. The van der Waals surface area contributed by atoms with Gasteiger partial charge in [-0.2, -0.15) is 0 Å². The first-order valence-corrected chi connectivity index (χ1v) is 8.17. The molecule has 1 unspecified atom stereocenters. The monoisotopic (exact) mass is 348 g/mol. The fourth-order valence-corrected chi connectivity index (χ4v) is 3.04. The van der Waals surface area contributed by atoms with Crippen molar-refractivity contribution in [3.63, 3.8) is 0 Å². The molecule has 1 aromatic carbocycles. The quantitative estimate of drug-likeness (QED) is 0.568. The Labute approximate surface area is 135 Å². The summed E-state index contributed by atoms with van der Waals surface area (Å²) in [5.74, 6) is 0.927. The SMILES string of the molecule is C=C/C=C(\C)c1cc2c(cc1OC(C)C)C(=O)C(Br)CC2. The fraction of sp³-hybridized carbons (Fsp3) is 0.389. The highest BCUT2D eigenvalue weighted by Crippen LogP contribution is 2.35. The van der Waals surface area contributed by atoms with Crippen LogP contribution in [0.4, 0.5) is 0 Å². The second kappa shape index (κ2) is 6.61. The number of ketones is 1. The molecule has 2 rings (SSSR count). The minimum atomic E-state index is -0.0763. The number of Topliss-reactive ketones (excluding diaryl/α,β-unsaturated/α-hetero) is 1. The van der Waals surface area contributed by atoms with E-state index in [0.29, 0.717) is 0 Å². The average Bonchev–Trinajstić information content (AvgIpc) is 2.42. The molecule has 0 saturated carbocycles. The molecule has 3 heteroatoms. The molecule has 1 aliphatic rings. The first-order valence-electron chi connectivity index (χ1n) is 7.25. The third-order valence-electron chi connectivity index (χ3n) is 3.58. The Hall–Kier alpha value is -1.35. The van der Waals surface area contributed by atoms with Crippen molar-refractivity contribution in [2.24, 2.45) is 0 Å². The van der Waals surface area contributed by atoms with Gasteiger partial charge in [0, 0.05) is 11.1 Å². The molecule has 0 saturated heterocycles. The van der Waals surface area contributed by atoms with Crippen molar-refractivity contribution in [3.8, 4) is 5.75 Å². The number of ether oxygens (including phenoxy) is 1. The van der Waals surface area contributed by atoms with Gasteiger partial charge in [-0.25, -0.2) is 0 Å². The summed E-state index contributed by atoms with van der Waals surface area (Å²) in [7, 11) is 0. The Kier molecular flexibility index (Phi) is 5.04. The second-order valence-corrected chi connectivity index (χ2v) is 6.73. The molecular weight excluding hydrogens is 328 g/mol. The zero-order chi connectivity index (χ0) is 15.6. The van der Waals surface area contributed by atoms with E-state index < -0.39 is 0 Å². The van der Waals surface area contributed by atoms with E-state index >= 15 is 0 Å². The summed E-state index contributed by atoms with van der Waals surface area (Å²) >= 11 is 3.46. The van der Waals surface area contributed by atoms with E-state index in [9.17, 15) is 4.79 Å². The topological polar surface area (TPSA) is 26.3 Å². The van der Waals surface area contributed by atoms with Crippen LogP contribution in [-0.4, -0.2) is 16.7 Å². The molecule has 0 radical (unpaired) electrons. The van der Waals surface area contributed by atoms with Crippen LogP contribution in [0, 0.1) is 0 Å². The standard InChI is InChI=1S/C18H21BrO2/c1-5-6-12(4)14-9-13-7-8-16(19)18(20)15(13)10-17(14)21-11(2)3/h5-6,9-11,16H,1,7-8H2,2-4H3/b12-6+. The zero-order valence-corrected chi connectivity index (χ0v) is 14.4. The van der Waals surface area contributed by atoms with Crippen LogP contribution >= 0.6 is 15.9 Å². The molecule has 0 aromatic heterocycles. The Balaban J connectivity index is 2.57. The second-order valence-electron chi connectivity index (χ2n) is 5.63. The van der Waals surface area contributed by atoms with E-state index in [1.807, 2.05) is 32.9 Å². The molecule has 21 heavy (non-hydrogen) atoms. The van der Waals surface area contributed by atoms with Crippen LogP contribution in [0.1, 0.15) is 48.7 Å². The maximum absolute atomic E-state index is 12.3. The van der Waals surface area contributed by atoms with Crippen LogP contribution in [0.5, 0.6) is 5.75 Å². The van der Waals surface area contributed by atoms with Crippen molar-refractivity contribution in [3.05, 3.63) is 47.6 Å². The van der Waals surface area contributed by atoms with Gasteiger partial charge in [0.15, 0.2) is 5.78 Å². The Morgan fingerprint density at radius 1 is 1.48 bits per heavy atom. The lowest BCUT2D eigenvalue weighted by atomic mass is 9.87. The molecule has 1 aromatic rings. The van der Waals surface area contributed by atoms with Crippen molar-refractivity contribution >= 4 is 27.3 Å². The Bertz CT molecular complexity index is 599. The van der Waals surface area contributed by atoms with Gasteiger partial charge >= 0.3 is 0 Å². The van der Waals surface area contributed by atoms with E-state index in [0.717, 1.165) is 40.9 Å². The third-order valence-corrected chi connectivity index (χ3v) is 4.45. The van der Waals surface area contributed by atoms with Gasteiger partial charge in [-0.15, -0.1) is 0 Å². The van der Waals surface area contributed by atoms with Gasteiger partial charge in [0.1, 0.15) is 5.75 Å². The van der Waals surface area contributed by atoms with Gasteiger partial charge in [-0.3, -0.25) is 4.79 Å². The summed E-state index contributed by atoms with van der Waals surface area (Å²) in [6.07, 6.45) is 5.56. The summed E-state index contributed by atoms with van der Waals surface area (Å²) < 4.78 is 5.92. The van der Waals surface area contributed by atoms with Gasteiger partial charge in [0.05, 0.1) is 10.9 Å². The molecule has 0 N–H and O–H groups in total. The van der Waals surface area contributed by atoms with E-state index in [4.69, 9.17) is 4.74 Å². The van der Waals surface area contributed by atoms with Crippen LogP contribution in [0.25, 0.3) is 5.57 Å². The maximum Gasteiger partial charge on any atom is 0.176 e. The van der Waals surface area contributed by atoms with E-state index in [1.54, 1.807) is 6.08 Å². The van der Waals surface area contributed by atoms with Crippen molar-refractivity contribution in [1.29, 1.82) is 0 Å². The predicted octanol–water partition coefficient (Wildman–Crippen LogP) is 4.96. The number of carbonyl (C=O) groups excluding carboxylic acids is 1. The Morgan fingerprint density at radius 2 is 2.19 bits per heavy atom. The lowest BCUT2D eigenvalue weighted by Gasteiger charge is -2.23. The normalized spacial score (nSPS) is 18.6. The van der Waals surface area contributed by atoms with E-state index in [-0.39, 0.29) is 16.7 Å². The number of fused-ring (bicyclic) bond motifs is 1. The number of benzene rings is 1. The summed E-state index contributed by atoms with van der Waals surface area (Å²) in [5, 5.41) is 0. The number of halogens is 1. The first-order chi connectivity index (χ1) is 9.93. The van der Waals surface area contributed by atoms with Crippen molar-refractivity contribution in [2.75, 3.05) is 0 Å². The molecule has 1 atom stereocenters. The first kappa shape index (κ1) is 16.0. The average molecular weight is 349 g/mol. The Morgan fingerprint density at radius 3 is 2.81 bits per heavy atom. The van der Waals surface area contributed by atoms with Crippen LogP contribution in [-0.2, 0) is 6.42 Å². The molecule has 0 spiro atoms. The largest absolute Gasteiger partial charge is 0.490 e. The molecule has 0 heterocycles. The maximum atomic E-state index is 12.3. The molecule has 0 bridgehead atoms. The van der Waals surface area contributed by atoms with Crippen LogP contribution in [0.3, 0.4) is 0 Å². The van der Waals surface area contributed by atoms with Crippen LogP contribution in [0.15, 0.2) is 30.9 Å². The highest BCUT2D eigenvalue weighted by molar-refractivity contribution is 9.10. The summed E-state index contributed by atoms with van der Waals surface area (Å²) in [5.41, 5.74) is 4.03. The fourth-order valence-electron chi connectivity index (χ4n) is 2.57. The zero-order valence-electron chi connectivity index (χ0n) is 12.8. The smallest absolute Gasteiger partial charge is 0.176 e. The number of carbonyl (C=O) groups is 1. The van der Waals surface area contributed by atoms with Crippen molar-refractivity contribution < 1.29 is 9.53 Å². The van der Waals surface area contributed by atoms with Gasteiger partial charge < -0.3 is 4.74 Å². The molecule has 112 valence electrons. The number of hydrogen-bond acceptors (Lipinski definition) is 2. The van der Waals surface area contributed by atoms with E-state index in [1.165, 1.54) is 0 Å². The molecule has 1 aliphatic carbocycles. The molecule has 0 amide bonds. The van der Waals surface area contributed by atoms with Gasteiger partial charge in [-0.05, 0) is 56.9 Å². The molecule has 0 fully saturated rings. The summed E-state index contributed by atoms with van der Waals surface area (Å²) in [4.78, 5) is 12.3. The minimum absolute atomic E-state index is 0.0665. The summed E-state index contributed by atoms with van der Waals surface area (Å²) in [6.45, 7) is 9.77. The van der Waals surface area contributed by atoms with Gasteiger partial charge in [0.2, 0.25) is 0 Å². The lowest BCUT2D eigenvalue weighted by molar-refractivity contribution is 0.0980. The predicted molar refractivity (Wildman–Crippen MR) is 91.4 cm³/mol. The van der Waals surface area contributed by atoms with Crippen LogP contribution in [0.2, 0.25) is 0 Å². The van der Waals surface area contributed by atoms with Crippen molar-refractivity contribution in [1.82, 2.24) is 0 Å². The third kappa shape index (κ3) is 3.46. The van der Waals surface area contributed by atoms with Gasteiger partial charge in [-0.1, -0.05) is 34.7 Å². The van der Waals surface area contributed by atoms with Gasteiger partial charge in [0.25, 0.3) is 0 Å². The number of hydrogen-bond donors (Lipinski definition) is 0. The number of alkyl halides is 1. The van der Waals surface area contributed by atoms with Crippen LogP contribution < -0.4 is 4.74 Å². The number of aryl methyl sites for hydroxylation is 1. The molecular formula is C18H21BrO2. The number of allylic oxidation sites excluding steroid dienone is 3. The highest BCUT2D eigenvalue weighted by atomic mass is 79.9. The minimum Gasteiger partial charge on any atom is -0.490 e.